The van der Waals surface area contributed by atoms with E-state index in [9.17, 15) is 22.7 Å². The fourth-order valence-corrected chi connectivity index (χ4v) is 3.02. The van der Waals surface area contributed by atoms with Crippen molar-refractivity contribution >= 4 is 21.7 Å². The van der Waals surface area contributed by atoms with E-state index in [4.69, 9.17) is 0 Å². The normalized spacial score (nSPS) is 11.2. The quantitative estimate of drug-likeness (QED) is 0.926. The van der Waals surface area contributed by atoms with Crippen molar-refractivity contribution in [3.8, 4) is 0 Å². The Hall–Kier alpha value is -2.41. The van der Waals surface area contributed by atoms with Gasteiger partial charge in [-0.05, 0) is 49.2 Å². The SMILES string of the molecule is Cc1ccc(C)c(NS(=O)(=O)c2ccc(F)c(C(=O)[O-])c2)c1. The summed E-state index contributed by atoms with van der Waals surface area (Å²) in [6.45, 7) is 3.54. The Labute approximate surface area is 127 Å². The van der Waals surface area contributed by atoms with Crippen LogP contribution < -0.4 is 9.83 Å². The van der Waals surface area contributed by atoms with Crippen LogP contribution in [0.5, 0.6) is 0 Å². The summed E-state index contributed by atoms with van der Waals surface area (Å²) in [5, 5.41) is 10.8. The van der Waals surface area contributed by atoms with Crippen molar-refractivity contribution in [2.24, 2.45) is 0 Å². The lowest BCUT2D eigenvalue weighted by atomic mass is 10.1. The first-order chi connectivity index (χ1) is 10.2. The van der Waals surface area contributed by atoms with Gasteiger partial charge in [-0.3, -0.25) is 4.72 Å². The average molecular weight is 322 g/mol. The van der Waals surface area contributed by atoms with Gasteiger partial charge in [0.15, 0.2) is 0 Å². The molecule has 2 rings (SSSR count). The van der Waals surface area contributed by atoms with Gasteiger partial charge in [-0.2, -0.15) is 0 Å². The summed E-state index contributed by atoms with van der Waals surface area (Å²) >= 11 is 0. The van der Waals surface area contributed by atoms with Crippen LogP contribution >= 0.6 is 0 Å². The molecule has 0 heterocycles. The third kappa shape index (κ3) is 3.25. The third-order valence-corrected chi connectivity index (χ3v) is 4.47. The maximum atomic E-state index is 13.3. The molecule has 2 aromatic rings. The van der Waals surface area contributed by atoms with E-state index in [1.54, 1.807) is 19.1 Å². The fourth-order valence-electron chi connectivity index (χ4n) is 1.88. The minimum absolute atomic E-state index is 0.353. The van der Waals surface area contributed by atoms with Crippen LogP contribution in [0.15, 0.2) is 41.3 Å². The van der Waals surface area contributed by atoms with Gasteiger partial charge in [0.05, 0.1) is 16.6 Å². The molecule has 0 fully saturated rings. The number of aryl methyl sites for hydroxylation is 2. The molecule has 0 bridgehead atoms. The minimum Gasteiger partial charge on any atom is -0.545 e. The highest BCUT2D eigenvalue weighted by Crippen LogP contribution is 2.22. The zero-order valence-electron chi connectivity index (χ0n) is 11.9. The van der Waals surface area contributed by atoms with E-state index >= 15 is 0 Å². The first kappa shape index (κ1) is 16.0. The van der Waals surface area contributed by atoms with Crippen LogP contribution in [0.4, 0.5) is 10.1 Å². The van der Waals surface area contributed by atoms with Crippen LogP contribution in [0.25, 0.3) is 0 Å². The Bertz CT molecular complexity index is 847. The number of hydrogen-bond donors (Lipinski definition) is 1. The van der Waals surface area contributed by atoms with E-state index in [1.165, 1.54) is 0 Å². The van der Waals surface area contributed by atoms with Crippen LogP contribution in [-0.4, -0.2) is 14.4 Å². The van der Waals surface area contributed by atoms with Crippen molar-refractivity contribution in [1.82, 2.24) is 0 Å². The maximum absolute atomic E-state index is 13.3. The van der Waals surface area contributed by atoms with Gasteiger partial charge in [0, 0.05) is 5.56 Å². The van der Waals surface area contributed by atoms with Gasteiger partial charge < -0.3 is 9.90 Å². The molecule has 5 nitrogen and oxygen atoms in total. The molecule has 0 unspecified atom stereocenters. The van der Waals surface area contributed by atoms with E-state index in [0.717, 1.165) is 23.8 Å². The summed E-state index contributed by atoms with van der Waals surface area (Å²) in [7, 11) is -4.03. The van der Waals surface area contributed by atoms with Crippen LogP contribution in [-0.2, 0) is 10.0 Å². The molecule has 0 amide bonds. The Morgan fingerprint density at radius 3 is 2.45 bits per heavy atom. The number of sulfonamides is 1. The van der Waals surface area contributed by atoms with Gasteiger partial charge in [0.2, 0.25) is 0 Å². The highest BCUT2D eigenvalue weighted by molar-refractivity contribution is 7.92. The Morgan fingerprint density at radius 2 is 1.82 bits per heavy atom. The predicted octanol–water partition coefficient (Wildman–Crippen LogP) is 1.61. The van der Waals surface area contributed by atoms with Crippen molar-refractivity contribution in [1.29, 1.82) is 0 Å². The number of aromatic carboxylic acids is 1. The molecular formula is C15H13FNO4S-. The zero-order chi connectivity index (χ0) is 16.5. The van der Waals surface area contributed by atoms with Gasteiger partial charge in [0.25, 0.3) is 10.0 Å². The van der Waals surface area contributed by atoms with Gasteiger partial charge in [-0.1, -0.05) is 12.1 Å². The minimum atomic E-state index is -4.03. The van der Waals surface area contributed by atoms with Gasteiger partial charge in [0.1, 0.15) is 5.82 Å². The van der Waals surface area contributed by atoms with Gasteiger partial charge in [-0.25, -0.2) is 12.8 Å². The zero-order valence-corrected chi connectivity index (χ0v) is 12.7. The van der Waals surface area contributed by atoms with Crippen LogP contribution in [0.2, 0.25) is 0 Å². The van der Waals surface area contributed by atoms with Crippen LogP contribution in [0, 0.1) is 19.7 Å². The number of nitrogens with one attached hydrogen (secondary N) is 1. The van der Waals surface area contributed by atoms with E-state index in [-0.39, 0.29) is 4.90 Å². The maximum Gasteiger partial charge on any atom is 0.261 e. The van der Waals surface area contributed by atoms with Crippen molar-refractivity contribution in [3.05, 3.63) is 58.9 Å². The van der Waals surface area contributed by atoms with Crippen LogP contribution in [0.3, 0.4) is 0 Å². The number of hydrogen-bond acceptors (Lipinski definition) is 4. The lowest BCUT2D eigenvalue weighted by Gasteiger charge is -2.13. The van der Waals surface area contributed by atoms with E-state index in [1.807, 2.05) is 13.0 Å². The van der Waals surface area contributed by atoms with Gasteiger partial charge in [-0.15, -0.1) is 0 Å². The molecule has 0 spiro atoms. The molecule has 0 aliphatic rings. The Kier molecular flexibility index (Phi) is 4.18. The number of rotatable bonds is 4. The summed E-state index contributed by atoms with van der Waals surface area (Å²) in [4.78, 5) is 10.4. The molecule has 7 heteroatoms. The summed E-state index contributed by atoms with van der Waals surface area (Å²) < 4.78 is 40.3. The second-order valence-electron chi connectivity index (χ2n) is 4.85. The lowest BCUT2D eigenvalue weighted by Crippen LogP contribution is -2.24. The largest absolute Gasteiger partial charge is 0.545 e. The Morgan fingerprint density at radius 1 is 1.14 bits per heavy atom. The molecule has 0 saturated carbocycles. The molecule has 116 valence electrons. The number of carbonyl (C=O) groups excluding carboxylic acids is 1. The molecule has 0 atom stereocenters. The molecule has 0 aliphatic carbocycles. The standard InChI is InChI=1S/C15H14FNO4S/c1-9-3-4-10(2)14(7-9)17-22(20,21)11-5-6-13(16)12(8-11)15(18)19/h3-8,17H,1-2H3,(H,18,19)/p-1. The predicted molar refractivity (Wildman–Crippen MR) is 77.5 cm³/mol. The molecule has 22 heavy (non-hydrogen) atoms. The Balaban J connectivity index is 2.45. The molecular weight excluding hydrogens is 309 g/mol. The number of carbonyl (C=O) groups is 1. The summed E-state index contributed by atoms with van der Waals surface area (Å²) in [5.41, 5.74) is 1.14. The highest BCUT2D eigenvalue weighted by atomic mass is 32.2. The average Bonchev–Trinajstić information content (AvgIpc) is 2.42. The molecule has 1 N–H and O–H groups in total. The third-order valence-electron chi connectivity index (χ3n) is 3.11. The van der Waals surface area contributed by atoms with Crippen molar-refractivity contribution in [2.75, 3.05) is 4.72 Å². The van der Waals surface area contributed by atoms with E-state index < -0.39 is 27.4 Å². The number of benzene rings is 2. The van der Waals surface area contributed by atoms with E-state index in [0.29, 0.717) is 11.3 Å². The first-order valence-electron chi connectivity index (χ1n) is 6.31. The molecule has 0 aromatic heterocycles. The van der Waals surface area contributed by atoms with E-state index in [2.05, 4.69) is 4.72 Å². The summed E-state index contributed by atoms with van der Waals surface area (Å²) in [6.07, 6.45) is 0. The molecule has 0 aliphatic heterocycles. The number of carboxylic acid groups (broad SMARTS) is 1. The van der Waals surface area contributed by atoms with Crippen molar-refractivity contribution < 1.29 is 22.7 Å². The smallest absolute Gasteiger partial charge is 0.261 e. The second kappa shape index (κ2) is 5.76. The van der Waals surface area contributed by atoms with Crippen molar-refractivity contribution in [2.45, 2.75) is 18.7 Å². The highest BCUT2D eigenvalue weighted by Gasteiger charge is 2.17. The molecule has 0 radical (unpaired) electrons. The number of carboxylic acids is 1. The number of halogens is 1. The molecule has 0 saturated heterocycles. The fraction of sp³-hybridized carbons (Fsp3) is 0.133. The van der Waals surface area contributed by atoms with Gasteiger partial charge >= 0.3 is 0 Å². The monoisotopic (exact) mass is 322 g/mol. The summed E-state index contributed by atoms with van der Waals surface area (Å²) in [5.74, 6) is -2.83. The topological polar surface area (TPSA) is 86.3 Å². The molecule has 2 aromatic carbocycles. The summed E-state index contributed by atoms with van der Waals surface area (Å²) in [6, 6.07) is 7.75. The van der Waals surface area contributed by atoms with Crippen molar-refractivity contribution in [3.63, 3.8) is 0 Å². The number of anilines is 1. The van der Waals surface area contributed by atoms with Crippen LogP contribution in [0.1, 0.15) is 21.5 Å². The second-order valence-corrected chi connectivity index (χ2v) is 6.54. The first-order valence-corrected chi connectivity index (χ1v) is 7.80. The lowest BCUT2D eigenvalue weighted by molar-refractivity contribution is -0.255.